The third-order valence-electron chi connectivity index (χ3n) is 20.1. The smallest absolute Gasteiger partial charge is 0.399 e. The van der Waals surface area contributed by atoms with E-state index in [9.17, 15) is 9.59 Å². The summed E-state index contributed by atoms with van der Waals surface area (Å²) < 4.78 is 18.0. The molecule has 0 spiro atoms. The van der Waals surface area contributed by atoms with Crippen molar-refractivity contribution in [3.8, 4) is 11.1 Å². The molecule has 3 aliphatic rings. The van der Waals surface area contributed by atoms with Gasteiger partial charge in [0.05, 0.1) is 39.6 Å². The van der Waals surface area contributed by atoms with Crippen LogP contribution in [0.5, 0.6) is 0 Å². The van der Waals surface area contributed by atoms with Crippen LogP contribution in [0.2, 0.25) is 0 Å². The van der Waals surface area contributed by atoms with Gasteiger partial charge in [-0.3, -0.25) is 9.59 Å². The normalized spacial score (nSPS) is 16.1. The summed E-state index contributed by atoms with van der Waals surface area (Å²) in [5.41, 5.74) is 14.7. The third-order valence-corrected chi connectivity index (χ3v) is 229. The first-order valence-corrected chi connectivity index (χ1v) is 93.8. The van der Waals surface area contributed by atoms with Crippen molar-refractivity contribution in [3.05, 3.63) is 278 Å². The van der Waals surface area contributed by atoms with Crippen LogP contribution in [0.3, 0.4) is 0 Å². The van der Waals surface area contributed by atoms with Crippen molar-refractivity contribution in [2.45, 2.75) is 77.4 Å². The molecular formula is C74H95BBrN2O4P31S2. The Kier molecular flexibility index (Phi) is 37.9. The second kappa shape index (κ2) is 43.8. The zero-order valence-corrected chi connectivity index (χ0v) is 99.5. The van der Waals surface area contributed by atoms with Crippen LogP contribution < -0.4 is 26.1 Å². The molecule has 10 aromatic carbocycles. The number of nitrogens with zero attached hydrogens (tertiary/aromatic N) is 2. The van der Waals surface area contributed by atoms with Crippen LogP contribution in [0, 0.1) is 0 Å². The minimum atomic E-state index is -0.421. The van der Waals surface area contributed by atoms with E-state index >= 15 is 0 Å². The fraction of sp³-hybridized carbons (Fsp3) is 0.162. The van der Waals surface area contributed by atoms with E-state index in [2.05, 4.69) is 388 Å². The standard InChI is InChI=1S/C34H25NOS.C27H30BNO2.C13H7BrOS.H33P31/c1-34(2)26-13-5-8-16-29(26)35(30-17-9-6-14-27(30)34)28-15-7-3-11-23(28)22-19-20-32-25(21-22)33(36)24-12-4-10-18-31(24)37-32;1-25(2)19-13-7-10-16-22(19)29(23-17-11-8-14-20(23)25)24-18-12-9-15-21(24)28-30-26(3,4)27(5,6)31-28;14-8-5-6-12-10(7-8)13(15)9-3-1-2-4-11(9)16-12;1-17-25(16)29(24(14)15)31(28(22(10)11)23(12)13)30(26(18(2)3)19(4)5)27(20(6)7)21(8)9/h3-21H,1-2H3;7-18H,1-6H3;1-7H;17H,1-16H2. The monoisotopic (exact) mass is 2190 g/mol. The Morgan fingerprint density at radius 1 is 0.348 bits per heavy atom. The highest BCUT2D eigenvalue weighted by molar-refractivity contribution is 9.44. The van der Waals surface area contributed by atoms with Gasteiger partial charge >= 0.3 is 7.12 Å². The minimum Gasteiger partial charge on any atom is -0.399 e. The van der Waals surface area contributed by atoms with Gasteiger partial charge in [-0.05, 0) is 244 Å². The van der Waals surface area contributed by atoms with Gasteiger partial charge in [-0.1, -0.05) is 191 Å². The number of halogens is 1. The molecule has 6 nitrogen and oxygen atoms in total. The summed E-state index contributed by atoms with van der Waals surface area (Å²) in [4.78, 5) is 30.4. The molecular weight excluding hydrogens is 2100 g/mol. The van der Waals surface area contributed by atoms with Crippen LogP contribution in [0.25, 0.3) is 51.5 Å². The molecule has 5 heterocycles. The SMILES string of the molecule is CC1(C)c2ccccc2N(c2ccccc2-c2ccc3sc4ccccc4c(=O)c3c2)c2ccccc21.CC1(C)c2ccccc2N(c2ccccc2B2OC(C)(C)C(C)(C)O2)c2ccccc21.O=c1c2ccccc2sc2ccc(Br)cc12.PPP(P)P(P(P)P)P(P(P(P)P)P(P)P)P(P(P(P)P)P(P)P)P(P(P)P)P(P)P. The molecule has 0 saturated carbocycles. The summed E-state index contributed by atoms with van der Waals surface area (Å²) in [7, 11) is 53.4. The van der Waals surface area contributed by atoms with Crippen LogP contribution in [0.1, 0.15) is 77.6 Å². The lowest BCUT2D eigenvalue weighted by molar-refractivity contribution is 0.00578. The maximum atomic E-state index is 13.5. The van der Waals surface area contributed by atoms with E-state index in [1.54, 1.807) is 22.7 Å². The Bertz CT molecular complexity index is 5460. The number of rotatable bonds is 18. The lowest BCUT2D eigenvalue weighted by Crippen LogP contribution is -2.41. The van der Waals surface area contributed by atoms with Gasteiger partial charge in [-0.2, -0.15) is 0 Å². The predicted molar refractivity (Wildman–Crippen MR) is 621 cm³/mol. The second-order valence-electron chi connectivity index (χ2n) is 28.6. The van der Waals surface area contributed by atoms with Gasteiger partial charge in [0.1, 0.15) is 0 Å². The van der Waals surface area contributed by atoms with Crippen LogP contribution in [0.4, 0.5) is 34.1 Å². The number of hydrogen-bond donors (Lipinski definition) is 0. The maximum absolute atomic E-state index is 13.5. The highest BCUT2D eigenvalue weighted by Crippen LogP contribution is 3.39. The highest BCUT2D eigenvalue weighted by Gasteiger charge is 2.54. The fourth-order valence-corrected chi connectivity index (χ4v) is 424. The lowest BCUT2D eigenvalue weighted by atomic mass is 9.72. The molecule has 0 N–H and O–H groups in total. The number of hydrogen-bond acceptors (Lipinski definition) is 8. The van der Waals surface area contributed by atoms with Crippen LogP contribution in [0.15, 0.2) is 245 Å². The molecule has 0 amide bonds. The van der Waals surface area contributed by atoms with Gasteiger partial charge < -0.3 is 19.1 Å². The Balaban J connectivity index is 0.000000146. The Morgan fingerprint density at radius 2 is 0.661 bits per heavy atom. The van der Waals surface area contributed by atoms with E-state index < -0.39 is 7.12 Å². The number of benzene rings is 10. The maximum Gasteiger partial charge on any atom is 0.496 e. The summed E-state index contributed by atoms with van der Waals surface area (Å²) in [6.07, 6.45) is 0. The van der Waals surface area contributed by atoms with Crippen molar-refractivity contribution in [2.75, 3.05) is 9.80 Å². The van der Waals surface area contributed by atoms with Gasteiger partial charge in [-0.15, -0.1) is 166 Å². The molecule has 0 radical (unpaired) electrons. The lowest BCUT2D eigenvalue weighted by Gasteiger charge is -2.52. The topological polar surface area (TPSA) is 59.1 Å². The summed E-state index contributed by atoms with van der Waals surface area (Å²) in [5, 5.41) is 3.15. The molecule has 12 aromatic rings. The molecule has 115 heavy (non-hydrogen) atoms. The first-order chi connectivity index (χ1) is 54.5. The summed E-state index contributed by atoms with van der Waals surface area (Å²) in [6.45, 7) is 17.5. The molecule has 0 bridgehead atoms. The molecule has 1 fully saturated rings. The van der Waals surface area contributed by atoms with Crippen molar-refractivity contribution in [1.29, 1.82) is 0 Å². The van der Waals surface area contributed by atoms with Gasteiger partial charge in [0.25, 0.3) is 0 Å². The molecule has 1 saturated heterocycles. The zero-order chi connectivity index (χ0) is 83.1. The van der Waals surface area contributed by atoms with E-state index in [4.69, 9.17) is 9.31 Å². The van der Waals surface area contributed by atoms with E-state index in [0.717, 1.165) is 80.7 Å². The first kappa shape index (κ1) is 99.4. The average Bonchev–Trinajstić information content (AvgIpc) is 1.65. The second-order valence-corrected chi connectivity index (χ2v) is 155. The molecule has 20 atom stereocenters. The van der Waals surface area contributed by atoms with Crippen molar-refractivity contribution in [1.82, 2.24) is 0 Å². The number of para-hydroxylation sites is 6. The summed E-state index contributed by atoms with van der Waals surface area (Å²) >= 11 is 6.72. The minimum absolute atomic E-state index is 0.0336. The van der Waals surface area contributed by atoms with E-state index in [1.807, 2.05) is 66.7 Å². The third kappa shape index (κ3) is 22.2. The Hall–Kier alpha value is 5.37. The predicted octanol–water partition coefficient (Wildman–Crippen LogP) is 37.3. The Morgan fingerprint density at radius 3 is 1.06 bits per heavy atom. The number of anilines is 6. The van der Waals surface area contributed by atoms with E-state index in [0.29, 0.717) is 0 Å². The molecule has 41 heteroatoms. The van der Waals surface area contributed by atoms with Crippen LogP contribution in [-0.2, 0) is 20.1 Å². The number of fused-ring (bicyclic) bond motifs is 8. The fourth-order valence-electron chi connectivity index (χ4n) is 14.1. The summed E-state index contributed by atoms with van der Waals surface area (Å²) in [5.74, 6) is 0. The van der Waals surface area contributed by atoms with Crippen molar-refractivity contribution < 1.29 is 9.31 Å². The van der Waals surface area contributed by atoms with E-state index in [1.165, 1.54) is 45.0 Å². The van der Waals surface area contributed by atoms with Gasteiger partial charge in [0.15, 0.2) is 10.9 Å². The van der Waals surface area contributed by atoms with Crippen molar-refractivity contribution in [3.63, 3.8) is 0 Å². The molecule has 15 rings (SSSR count). The first-order valence-electron chi connectivity index (χ1n) is 35.5. The molecule has 20 unspecified atom stereocenters. The quantitative estimate of drug-likeness (QED) is 0.0485. The molecule has 602 valence electrons. The van der Waals surface area contributed by atoms with E-state index in [-0.39, 0.29) is 131 Å². The molecule has 2 aromatic heterocycles. The van der Waals surface area contributed by atoms with Gasteiger partial charge in [-0.25, -0.2) is 0 Å². The highest BCUT2D eigenvalue weighted by atomic mass is 79.9. The zero-order valence-electron chi connectivity index (χ0n) is 64.2. The summed E-state index contributed by atoms with van der Waals surface area (Å²) in [6, 6.07) is 79.6. The van der Waals surface area contributed by atoms with Gasteiger partial charge in [0, 0.05) is 72.4 Å². The molecule has 3 aliphatic heterocycles. The van der Waals surface area contributed by atoms with Crippen LogP contribution >= 0.6 is 287 Å². The molecule has 0 aliphatic carbocycles. The van der Waals surface area contributed by atoms with Gasteiger partial charge in [0.2, 0.25) is 0 Å². The van der Waals surface area contributed by atoms with Crippen molar-refractivity contribution >= 4 is 374 Å². The Labute approximate surface area is 751 Å². The largest absolute Gasteiger partial charge is 0.496 e. The van der Waals surface area contributed by atoms with Crippen LogP contribution in [-0.4, -0.2) is 18.3 Å². The average molecular weight is 2190 g/mol. The van der Waals surface area contributed by atoms with Crippen molar-refractivity contribution in [2.24, 2.45) is 0 Å².